The summed E-state index contributed by atoms with van der Waals surface area (Å²) in [6.07, 6.45) is 0. The van der Waals surface area contributed by atoms with E-state index in [1.807, 2.05) is 30.0 Å². The van der Waals surface area contributed by atoms with Crippen LogP contribution in [0.25, 0.3) is 67.3 Å². The first-order valence-electron chi connectivity index (χ1n) is 19.1. The van der Waals surface area contributed by atoms with E-state index in [0.717, 1.165) is 33.6 Å². The Kier molecular flexibility index (Phi) is 7.68. The first-order valence-corrected chi connectivity index (χ1v) is 19.9. The van der Waals surface area contributed by atoms with Crippen molar-refractivity contribution in [2.75, 3.05) is 0 Å². The molecule has 1 aliphatic carbocycles. The van der Waals surface area contributed by atoms with Gasteiger partial charge in [0, 0.05) is 26.5 Å². The number of hydrogen-bond acceptors (Lipinski definition) is 3. The summed E-state index contributed by atoms with van der Waals surface area (Å²) in [6.45, 7) is 0. The molecular weight excluding hydrogens is 697 g/mol. The summed E-state index contributed by atoms with van der Waals surface area (Å²) in [6, 6.07) is 74.3. The highest BCUT2D eigenvalue weighted by atomic mass is 32.2. The zero-order valence-corrected chi connectivity index (χ0v) is 31.2. The van der Waals surface area contributed by atoms with Crippen LogP contribution in [0.4, 0.5) is 0 Å². The Labute approximate surface area is 331 Å². The van der Waals surface area contributed by atoms with Gasteiger partial charge in [-0.25, -0.2) is 9.97 Å². The number of benzene rings is 8. The lowest BCUT2D eigenvalue weighted by Gasteiger charge is -2.40. The summed E-state index contributed by atoms with van der Waals surface area (Å²) in [7, 11) is 0. The lowest BCUT2D eigenvalue weighted by atomic mass is 9.67. The topological polar surface area (TPSA) is 25.8 Å². The molecule has 0 saturated heterocycles. The monoisotopic (exact) mass is 730 g/mol. The summed E-state index contributed by atoms with van der Waals surface area (Å²) in [4.78, 5) is 13.0. The van der Waals surface area contributed by atoms with Crippen molar-refractivity contribution in [2.45, 2.75) is 15.2 Å². The molecule has 1 aromatic heterocycles. The average Bonchev–Trinajstić information content (AvgIpc) is 3.57. The van der Waals surface area contributed by atoms with Gasteiger partial charge in [-0.15, -0.1) is 0 Å². The van der Waals surface area contributed by atoms with E-state index in [4.69, 9.17) is 9.97 Å². The Hall–Kier alpha value is -6.81. The third kappa shape index (κ3) is 5.05. The van der Waals surface area contributed by atoms with E-state index in [9.17, 15) is 0 Å². The molecule has 1 aliphatic heterocycles. The van der Waals surface area contributed by atoms with Crippen molar-refractivity contribution in [2.24, 2.45) is 0 Å². The smallest absolute Gasteiger partial charge is 0.160 e. The van der Waals surface area contributed by atoms with E-state index in [1.165, 1.54) is 59.9 Å². The van der Waals surface area contributed by atoms with Crippen LogP contribution in [0.3, 0.4) is 0 Å². The second-order valence-corrected chi connectivity index (χ2v) is 15.5. The molecule has 262 valence electrons. The molecule has 2 nitrogen and oxygen atoms in total. The standard InChI is InChI=1S/C53H34N2S/c1-3-16-35(17-4-1)36-30-32-37(33-31-36)48-34-49(55-52(54-48)38-18-5-2-6-19-38)42-23-8-7-20-39(42)43-24-15-28-47-51(43)56-50-29-14-13-27-46(50)53(47)44-25-11-9-21-40(44)41-22-10-12-26-45(41)53/h1-34H. The van der Waals surface area contributed by atoms with Gasteiger partial charge in [0.15, 0.2) is 5.82 Å². The number of aromatic nitrogens is 2. The SMILES string of the molecule is c1ccc(-c2ccc(-c3cc(-c4ccccc4-c4cccc5c4Sc4ccccc4C54c5ccccc5-c5ccccc54)nc(-c4ccccc4)n3)cc2)cc1. The second-order valence-electron chi connectivity index (χ2n) is 14.4. The van der Waals surface area contributed by atoms with Crippen molar-refractivity contribution in [1.82, 2.24) is 9.97 Å². The molecular formula is C53H34N2S. The molecule has 56 heavy (non-hydrogen) atoms. The highest BCUT2D eigenvalue weighted by Crippen LogP contribution is 2.63. The van der Waals surface area contributed by atoms with E-state index in [2.05, 4.69) is 188 Å². The fourth-order valence-corrected chi connectivity index (χ4v) is 10.3. The van der Waals surface area contributed by atoms with Gasteiger partial charge < -0.3 is 0 Å². The van der Waals surface area contributed by atoms with Gasteiger partial charge in [-0.1, -0.05) is 206 Å². The molecule has 0 saturated carbocycles. The van der Waals surface area contributed by atoms with Crippen LogP contribution < -0.4 is 0 Å². The van der Waals surface area contributed by atoms with E-state index in [0.29, 0.717) is 5.82 Å². The van der Waals surface area contributed by atoms with Crippen LogP contribution in [0.2, 0.25) is 0 Å². The van der Waals surface area contributed by atoms with Gasteiger partial charge in [-0.3, -0.25) is 0 Å². The predicted octanol–water partition coefficient (Wildman–Crippen LogP) is 13.6. The number of hydrogen-bond donors (Lipinski definition) is 0. The molecule has 0 N–H and O–H groups in total. The Morgan fingerprint density at radius 2 is 0.804 bits per heavy atom. The van der Waals surface area contributed by atoms with E-state index >= 15 is 0 Å². The molecule has 3 heteroatoms. The molecule has 0 amide bonds. The zero-order chi connectivity index (χ0) is 37.1. The molecule has 11 rings (SSSR count). The van der Waals surface area contributed by atoms with Crippen molar-refractivity contribution in [3.63, 3.8) is 0 Å². The van der Waals surface area contributed by atoms with E-state index < -0.39 is 5.41 Å². The molecule has 2 aliphatic rings. The van der Waals surface area contributed by atoms with Crippen molar-refractivity contribution in [3.05, 3.63) is 229 Å². The van der Waals surface area contributed by atoms with Crippen LogP contribution in [-0.4, -0.2) is 9.97 Å². The molecule has 1 spiro atoms. The Bertz CT molecular complexity index is 2890. The van der Waals surface area contributed by atoms with Crippen molar-refractivity contribution < 1.29 is 0 Å². The number of rotatable bonds is 5. The predicted molar refractivity (Wildman–Crippen MR) is 231 cm³/mol. The molecule has 8 aromatic carbocycles. The second kappa shape index (κ2) is 13.2. The summed E-state index contributed by atoms with van der Waals surface area (Å²) < 4.78 is 0. The maximum Gasteiger partial charge on any atom is 0.160 e. The lowest BCUT2D eigenvalue weighted by molar-refractivity contribution is 0.723. The molecule has 0 atom stereocenters. The van der Waals surface area contributed by atoms with Gasteiger partial charge in [-0.05, 0) is 67.8 Å². The molecule has 0 unspecified atom stereocenters. The fourth-order valence-electron chi connectivity index (χ4n) is 8.95. The summed E-state index contributed by atoms with van der Waals surface area (Å²) in [5, 5.41) is 0. The molecule has 2 heterocycles. The fraction of sp³-hybridized carbons (Fsp3) is 0.0189. The van der Waals surface area contributed by atoms with Crippen LogP contribution in [-0.2, 0) is 5.41 Å². The van der Waals surface area contributed by atoms with Crippen LogP contribution >= 0.6 is 11.8 Å². The molecule has 0 bridgehead atoms. The largest absolute Gasteiger partial charge is 0.228 e. The van der Waals surface area contributed by atoms with E-state index in [1.54, 1.807) is 0 Å². The highest BCUT2D eigenvalue weighted by molar-refractivity contribution is 7.99. The van der Waals surface area contributed by atoms with Gasteiger partial charge in [0.1, 0.15) is 0 Å². The lowest BCUT2D eigenvalue weighted by Crippen LogP contribution is -2.32. The Morgan fingerprint density at radius 1 is 0.321 bits per heavy atom. The van der Waals surface area contributed by atoms with Crippen LogP contribution in [0, 0.1) is 0 Å². The van der Waals surface area contributed by atoms with Crippen LogP contribution in [0.15, 0.2) is 216 Å². The summed E-state index contributed by atoms with van der Waals surface area (Å²) >= 11 is 1.88. The van der Waals surface area contributed by atoms with Crippen molar-refractivity contribution in [1.29, 1.82) is 0 Å². The summed E-state index contributed by atoms with van der Waals surface area (Å²) in [5.74, 6) is 0.705. The molecule has 0 radical (unpaired) electrons. The van der Waals surface area contributed by atoms with Crippen molar-refractivity contribution >= 4 is 11.8 Å². The van der Waals surface area contributed by atoms with Gasteiger partial charge in [0.05, 0.1) is 16.8 Å². The minimum absolute atomic E-state index is 0.441. The molecule has 9 aromatic rings. The first kappa shape index (κ1) is 32.6. The normalized spacial score (nSPS) is 13.1. The van der Waals surface area contributed by atoms with Gasteiger partial charge >= 0.3 is 0 Å². The maximum absolute atomic E-state index is 5.31. The maximum atomic E-state index is 5.31. The van der Waals surface area contributed by atoms with Crippen molar-refractivity contribution in [3.8, 4) is 67.3 Å². The van der Waals surface area contributed by atoms with E-state index in [-0.39, 0.29) is 0 Å². The van der Waals surface area contributed by atoms with Gasteiger partial charge in [0.2, 0.25) is 0 Å². The first-order chi connectivity index (χ1) is 27.8. The minimum Gasteiger partial charge on any atom is -0.228 e. The van der Waals surface area contributed by atoms with Gasteiger partial charge in [0.25, 0.3) is 0 Å². The number of fused-ring (bicyclic) bond motifs is 9. The minimum atomic E-state index is -0.441. The van der Waals surface area contributed by atoms with Gasteiger partial charge in [-0.2, -0.15) is 0 Å². The third-order valence-corrected chi connectivity index (χ3v) is 12.6. The van der Waals surface area contributed by atoms with Crippen LogP contribution in [0.5, 0.6) is 0 Å². The summed E-state index contributed by atoms with van der Waals surface area (Å²) in [5.41, 5.74) is 17.1. The zero-order valence-electron chi connectivity index (χ0n) is 30.4. The Balaban J connectivity index is 1.12. The Morgan fingerprint density at radius 3 is 1.50 bits per heavy atom. The quantitative estimate of drug-likeness (QED) is 0.176. The van der Waals surface area contributed by atoms with Crippen LogP contribution in [0.1, 0.15) is 22.3 Å². The highest BCUT2D eigenvalue weighted by Gasteiger charge is 2.50. The number of nitrogens with zero attached hydrogens (tertiary/aromatic N) is 2. The average molecular weight is 731 g/mol. The molecule has 0 fully saturated rings. The third-order valence-electron chi connectivity index (χ3n) is 11.4.